The lowest BCUT2D eigenvalue weighted by Gasteiger charge is -2.20. The quantitative estimate of drug-likeness (QED) is 0.823. The number of nitrogens with two attached hydrogens (primary N) is 1. The molecule has 1 aromatic rings. The minimum atomic E-state index is 0.110. The van der Waals surface area contributed by atoms with Gasteiger partial charge in [0.1, 0.15) is 0 Å². The maximum absolute atomic E-state index is 11.6. The summed E-state index contributed by atoms with van der Waals surface area (Å²) in [5.41, 5.74) is 5.56. The van der Waals surface area contributed by atoms with Crippen molar-refractivity contribution in [2.24, 2.45) is 0 Å². The predicted molar refractivity (Wildman–Crippen MR) is 66.2 cm³/mol. The lowest BCUT2D eigenvalue weighted by Crippen LogP contribution is -2.36. The van der Waals surface area contributed by atoms with Crippen molar-refractivity contribution in [2.45, 2.75) is 13.5 Å². The SMILES string of the molecule is CCN(CC(=O)N(C)C)Cc1cnc(N)s1. The van der Waals surface area contributed by atoms with Crippen molar-refractivity contribution in [3.63, 3.8) is 0 Å². The van der Waals surface area contributed by atoms with Crippen molar-refractivity contribution in [3.05, 3.63) is 11.1 Å². The Morgan fingerprint density at radius 2 is 2.25 bits per heavy atom. The van der Waals surface area contributed by atoms with Crippen LogP contribution in [0.3, 0.4) is 0 Å². The second-order valence-corrected chi connectivity index (χ2v) is 4.90. The first kappa shape index (κ1) is 12.9. The van der Waals surface area contributed by atoms with Gasteiger partial charge < -0.3 is 10.6 Å². The van der Waals surface area contributed by atoms with E-state index in [-0.39, 0.29) is 5.91 Å². The molecular weight excluding hydrogens is 224 g/mol. The van der Waals surface area contributed by atoms with E-state index in [2.05, 4.69) is 9.88 Å². The van der Waals surface area contributed by atoms with Crippen LogP contribution >= 0.6 is 11.3 Å². The number of hydrogen-bond donors (Lipinski definition) is 1. The molecule has 0 atom stereocenters. The third-order valence-corrected chi connectivity index (χ3v) is 3.07. The van der Waals surface area contributed by atoms with E-state index in [1.54, 1.807) is 25.2 Å². The lowest BCUT2D eigenvalue weighted by atomic mass is 10.4. The van der Waals surface area contributed by atoms with Crippen LogP contribution in [-0.4, -0.2) is 47.9 Å². The minimum absolute atomic E-state index is 0.110. The van der Waals surface area contributed by atoms with Gasteiger partial charge in [-0.05, 0) is 6.54 Å². The summed E-state index contributed by atoms with van der Waals surface area (Å²) in [6.45, 7) is 4.02. The van der Waals surface area contributed by atoms with Crippen molar-refractivity contribution in [1.29, 1.82) is 0 Å². The Morgan fingerprint density at radius 1 is 1.56 bits per heavy atom. The molecule has 0 spiro atoms. The number of rotatable bonds is 5. The molecule has 0 aliphatic rings. The summed E-state index contributed by atoms with van der Waals surface area (Å²) in [7, 11) is 3.53. The first-order valence-corrected chi connectivity index (χ1v) is 5.97. The largest absolute Gasteiger partial charge is 0.375 e. The van der Waals surface area contributed by atoms with E-state index >= 15 is 0 Å². The average molecular weight is 242 g/mol. The van der Waals surface area contributed by atoms with E-state index in [1.807, 2.05) is 6.92 Å². The first-order valence-electron chi connectivity index (χ1n) is 5.15. The third kappa shape index (κ3) is 3.79. The number of amides is 1. The van der Waals surface area contributed by atoms with Gasteiger partial charge in [-0.15, -0.1) is 11.3 Å². The van der Waals surface area contributed by atoms with Crippen LogP contribution in [-0.2, 0) is 11.3 Å². The molecule has 0 saturated heterocycles. The molecule has 1 heterocycles. The van der Waals surface area contributed by atoms with Crippen molar-refractivity contribution >= 4 is 22.4 Å². The monoisotopic (exact) mass is 242 g/mol. The maximum Gasteiger partial charge on any atom is 0.236 e. The summed E-state index contributed by atoms with van der Waals surface area (Å²) >= 11 is 1.47. The van der Waals surface area contributed by atoms with Crippen LogP contribution in [0.15, 0.2) is 6.20 Å². The Labute approximate surface area is 99.9 Å². The molecule has 0 aliphatic carbocycles. The van der Waals surface area contributed by atoms with E-state index in [9.17, 15) is 4.79 Å². The van der Waals surface area contributed by atoms with Crippen LogP contribution < -0.4 is 5.73 Å². The molecule has 0 saturated carbocycles. The normalized spacial score (nSPS) is 10.8. The molecule has 16 heavy (non-hydrogen) atoms. The molecule has 2 N–H and O–H groups in total. The Hall–Kier alpha value is -1.14. The number of carbonyl (C=O) groups excluding carboxylic acids is 1. The highest BCUT2D eigenvalue weighted by atomic mass is 32.1. The van der Waals surface area contributed by atoms with Crippen LogP contribution in [0.2, 0.25) is 0 Å². The second kappa shape index (κ2) is 5.81. The topological polar surface area (TPSA) is 62.5 Å². The number of likely N-dealkylation sites (N-methyl/N-ethyl adjacent to an activating group) is 2. The van der Waals surface area contributed by atoms with Gasteiger partial charge in [0.25, 0.3) is 0 Å². The third-order valence-electron chi connectivity index (χ3n) is 2.26. The molecule has 0 radical (unpaired) electrons. The molecule has 0 aromatic carbocycles. The fraction of sp³-hybridized carbons (Fsp3) is 0.600. The predicted octanol–water partition coefficient (Wildman–Crippen LogP) is 0.635. The molecule has 0 unspecified atom stereocenters. The van der Waals surface area contributed by atoms with Crippen molar-refractivity contribution in [2.75, 3.05) is 32.9 Å². The maximum atomic E-state index is 11.6. The van der Waals surface area contributed by atoms with Gasteiger partial charge in [-0.2, -0.15) is 0 Å². The highest BCUT2D eigenvalue weighted by Crippen LogP contribution is 2.16. The summed E-state index contributed by atoms with van der Waals surface area (Å²) < 4.78 is 0. The molecule has 0 fully saturated rings. The van der Waals surface area contributed by atoms with Gasteiger partial charge in [-0.3, -0.25) is 9.69 Å². The van der Waals surface area contributed by atoms with E-state index in [4.69, 9.17) is 5.73 Å². The molecule has 0 bridgehead atoms. The number of nitrogen functional groups attached to an aromatic ring is 1. The summed E-state index contributed by atoms with van der Waals surface area (Å²) in [6.07, 6.45) is 1.77. The molecule has 0 aliphatic heterocycles. The van der Waals surface area contributed by atoms with Crippen molar-refractivity contribution in [3.8, 4) is 0 Å². The van der Waals surface area contributed by atoms with Gasteiger partial charge in [0.2, 0.25) is 5.91 Å². The van der Waals surface area contributed by atoms with E-state index in [0.29, 0.717) is 11.7 Å². The van der Waals surface area contributed by atoms with Gasteiger partial charge in [-0.1, -0.05) is 6.92 Å². The Balaban J connectivity index is 2.52. The number of carbonyl (C=O) groups is 1. The molecule has 6 heteroatoms. The van der Waals surface area contributed by atoms with Crippen molar-refractivity contribution < 1.29 is 4.79 Å². The fourth-order valence-corrected chi connectivity index (χ4v) is 1.95. The zero-order valence-corrected chi connectivity index (χ0v) is 10.8. The molecule has 5 nitrogen and oxygen atoms in total. The highest BCUT2D eigenvalue weighted by molar-refractivity contribution is 7.15. The molecule has 1 amide bonds. The van der Waals surface area contributed by atoms with Gasteiger partial charge in [0, 0.05) is 31.7 Å². The standard InChI is InChI=1S/C10H18N4OS/c1-4-14(7-9(15)13(2)3)6-8-5-12-10(11)16-8/h5H,4,6-7H2,1-3H3,(H2,11,12). The first-order chi connectivity index (χ1) is 7.52. The number of thiazole rings is 1. The molecule has 1 rings (SSSR count). The zero-order valence-electron chi connectivity index (χ0n) is 9.93. The Morgan fingerprint density at radius 3 is 2.69 bits per heavy atom. The van der Waals surface area contributed by atoms with Gasteiger partial charge in [0.15, 0.2) is 5.13 Å². The van der Waals surface area contributed by atoms with Crippen molar-refractivity contribution in [1.82, 2.24) is 14.8 Å². The Bertz CT molecular complexity index is 350. The summed E-state index contributed by atoms with van der Waals surface area (Å²) in [5, 5.41) is 0.574. The van der Waals surface area contributed by atoms with E-state index in [0.717, 1.165) is 18.0 Å². The number of nitrogens with zero attached hydrogens (tertiary/aromatic N) is 3. The average Bonchev–Trinajstić information content (AvgIpc) is 2.62. The smallest absolute Gasteiger partial charge is 0.236 e. The van der Waals surface area contributed by atoms with Crippen LogP contribution in [0.1, 0.15) is 11.8 Å². The molecule has 1 aromatic heterocycles. The lowest BCUT2D eigenvalue weighted by molar-refractivity contribution is -0.130. The molecular formula is C10H18N4OS. The molecule has 90 valence electrons. The highest BCUT2D eigenvalue weighted by Gasteiger charge is 2.12. The zero-order chi connectivity index (χ0) is 12.1. The summed E-state index contributed by atoms with van der Waals surface area (Å²) in [6, 6.07) is 0. The van der Waals surface area contributed by atoms with Crippen LogP contribution in [0.5, 0.6) is 0 Å². The van der Waals surface area contributed by atoms with Crippen LogP contribution in [0.4, 0.5) is 5.13 Å². The number of anilines is 1. The van der Waals surface area contributed by atoms with Gasteiger partial charge in [-0.25, -0.2) is 4.98 Å². The minimum Gasteiger partial charge on any atom is -0.375 e. The summed E-state index contributed by atoms with van der Waals surface area (Å²) in [5.74, 6) is 0.110. The fourth-order valence-electron chi connectivity index (χ4n) is 1.23. The number of hydrogen-bond acceptors (Lipinski definition) is 5. The second-order valence-electron chi connectivity index (χ2n) is 3.76. The van der Waals surface area contributed by atoms with E-state index in [1.165, 1.54) is 11.3 Å². The Kier molecular flexibility index (Phi) is 4.70. The number of aromatic nitrogens is 1. The van der Waals surface area contributed by atoms with E-state index < -0.39 is 0 Å². The van der Waals surface area contributed by atoms with Gasteiger partial charge in [0.05, 0.1) is 6.54 Å². The summed E-state index contributed by atoms with van der Waals surface area (Å²) in [4.78, 5) is 20.3. The van der Waals surface area contributed by atoms with Crippen LogP contribution in [0.25, 0.3) is 0 Å². The van der Waals surface area contributed by atoms with Gasteiger partial charge >= 0.3 is 0 Å². The van der Waals surface area contributed by atoms with Crippen LogP contribution in [0, 0.1) is 0 Å².